The number of sulfonamides is 1. The second-order valence-corrected chi connectivity index (χ2v) is 11.4. The Labute approximate surface area is 222 Å². The minimum Gasteiger partial charge on any atom is -0.492 e. The Bertz CT molecular complexity index is 1110. The minimum absolute atomic E-state index is 0.111. The number of nitrogens with one attached hydrogen (secondary N) is 1. The number of benzene rings is 2. The van der Waals surface area contributed by atoms with Crippen LogP contribution < -0.4 is 14.4 Å². The van der Waals surface area contributed by atoms with Crippen LogP contribution in [-0.2, 0) is 26.0 Å². The second-order valence-electron chi connectivity index (χ2n) is 9.48. The monoisotopic (exact) mass is 531 g/mol. The van der Waals surface area contributed by atoms with Crippen LogP contribution in [0.15, 0.2) is 54.6 Å². The van der Waals surface area contributed by atoms with Gasteiger partial charge in [-0.1, -0.05) is 56.3 Å². The molecule has 0 aromatic heterocycles. The molecular formula is C28H41N3O5S. The number of nitrogens with zero attached hydrogens (tertiary/aromatic N) is 2. The third-order valence-corrected chi connectivity index (χ3v) is 7.10. The van der Waals surface area contributed by atoms with E-state index in [2.05, 4.69) is 5.32 Å². The predicted octanol–water partition coefficient (Wildman–Crippen LogP) is 3.86. The summed E-state index contributed by atoms with van der Waals surface area (Å²) in [5.41, 5.74) is 1.52. The van der Waals surface area contributed by atoms with Gasteiger partial charge in [0.05, 0.1) is 18.6 Å². The van der Waals surface area contributed by atoms with E-state index in [1.54, 1.807) is 36.1 Å². The summed E-state index contributed by atoms with van der Waals surface area (Å²) in [6.45, 7) is 9.05. The van der Waals surface area contributed by atoms with Gasteiger partial charge >= 0.3 is 0 Å². The molecule has 37 heavy (non-hydrogen) atoms. The number of para-hydroxylation sites is 2. The summed E-state index contributed by atoms with van der Waals surface area (Å²) >= 11 is 0. The van der Waals surface area contributed by atoms with Crippen molar-refractivity contribution in [3.8, 4) is 5.75 Å². The number of ether oxygens (including phenoxy) is 1. The fraction of sp³-hybridized carbons (Fsp3) is 0.500. The van der Waals surface area contributed by atoms with E-state index in [-0.39, 0.29) is 24.8 Å². The van der Waals surface area contributed by atoms with E-state index in [1.165, 1.54) is 4.31 Å². The Morgan fingerprint density at radius 2 is 1.62 bits per heavy atom. The van der Waals surface area contributed by atoms with Crippen LogP contribution in [0.25, 0.3) is 0 Å². The third-order valence-electron chi connectivity index (χ3n) is 5.92. The molecule has 2 aromatic carbocycles. The maximum absolute atomic E-state index is 13.3. The van der Waals surface area contributed by atoms with Crippen molar-refractivity contribution in [3.63, 3.8) is 0 Å². The minimum atomic E-state index is -3.60. The second kappa shape index (κ2) is 14.6. The first-order valence-corrected chi connectivity index (χ1v) is 14.7. The normalized spacial score (nSPS) is 12.2. The van der Waals surface area contributed by atoms with Crippen molar-refractivity contribution in [1.82, 2.24) is 10.2 Å². The lowest BCUT2D eigenvalue weighted by molar-refractivity contribution is -0.140. The molecule has 0 aliphatic heterocycles. The molecule has 2 amide bonds. The van der Waals surface area contributed by atoms with Gasteiger partial charge in [-0.15, -0.1) is 0 Å². The predicted molar refractivity (Wildman–Crippen MR) is 148 cm³/mol. The highest BCUT2D eigenvalue weighted by Crippen LogP contribution is 2.30. The molecule has 0 heterocycles. The number of hydrogen-bond donors (Lipinski definition) is 1. The third kappa shape index (κ3) is 9.72. The molecule has 0 saturated heterocycles. The quantitative estimate of drug-likeness (QED) is 0.377. The summed E-state index contributed by atoms with van der Waals surface area (Å²) in [4.78, 5) is 27.7. The number of amides is 2. The first-order valence-electron chi connectivity index (χ1n) is 12.8. The number of carbonyl (C=O) groups excluding carboxylic acids is 2. The summed E-state index contributed by atoms with van der Waals surface area (Å²) in [5.74, 6) is 0.390. The molecule has 2 aromatic rings. The van der Waals surface area contributed by atoms with Crippen molar-refractivity contribution < 1.29 is 22.7 Å². The number of rotatable bonds is 15. The van der Waals surface area contributed by atoms with Gasteiger partial charge < -0.3 is 15.0 Å². The van der Waals surface area contributed by atoms with Gasteiger partial charge in [0, 0.05) is 26.1 Å². The highest BCUT2D eigenvalue weighted by atomic mass is 32.2. The van der Waals surface area contributed by atoms with Gasteiger partial charge in [0.2, 0.25) is 21.8 Å². The molecule has 204 valence electrons. The lowest BCUT2D eigenvalue weighted by atomic mass is 10.1. The van der Waals surface area contributed by atoms with E-state index in [0.717, 1.165) is 11.8 Å². The Hall–Kier alpha value is -3.07. The molecular weight excluding hydrogens is 490 g/mol. The van der Waals surface area contributed by atoms with Crippen LogP contribution >= 0.6 is 0 Å². The van der Waals surface area contributed by atoms with Gasteiger partial charge in [-0.2, -0.15) is 0 Å². The van der Waals surface area contributed by atoms with Crippen molar-refractivity contribution in [2.24, 2.45) is 5.92 Å². The van der Waals surface area contributed by atoms with E-state index in [9.17, 15) is 18.0 Å². The standard InChI is InChI=1S/C28H41N3O5S/c1-6-36-26-16-11-10-15-25(26)31(37(5,34)35)19-12-17-27(32)30(20-18-24-13-8-7-9-14-24)23(4)28(33)29-21-22(2)3/h7-11,13-16,22-23H,6,12,17-21H2,1-5H3,(H,29,33)/t23-/m1/s1. The lowest BCUT2D eigenvalue weighted by Gasteiger charge is -2.30. The maximum atomic E-state index is 13.3. The van der Waals surface area contributed by atoms with Crippen molar-refractivity contribution >= 4 is 27.5 Å². The smallest absolute Gasteiger partial charge is 0.242 e. The summed E-state index contributed by atoms with van der Waals surface area (Å²) in [6, 6.07) is 16.1. The molecule has 0 unspecified atom stereocenters. The van der Waals surface area contributed by atoms with Crippen LogP contribution in [0.4, 0.5) is 5.69 Å². The van der Waals surface area contributed by atoms with Gasteiger partial charge in [0.15, 0.2) is 0 Å². The van der Waals surface area contributed by atoms with Gasteiger partial charge in [0.25, 0.3) is 0 Å². The maximum Gasteiger partial charge on any atom is 0.242 e. The highest BCUT2D eigenvalue weighted by molar-refractivity contribution is 7.92. The average Bonchev–Trinajstić information content (AvgIpc) is 2.85. The van der Waals surface area contributed by atoms with Crippen LogP contribution in [0.1, 0.15) is 46.1 Å². The zero-order valence-electron chi connectivity index (χ0n) is 22.6. The topological polar surface area (TPSA) is 96.0 Å². The van der Waals surface area contributed by atoms with Crippen molar-refractivity contribution in [2.45, 2.75) is 53.0 Å². The Morgan fingerprint density at radius 1 is 0.973 bits per heavy atom. The van der Waals surface area contributed by atoms with Gasteiger partial charge in [0.1, 0.15) is 11.8 Å². The van der Waals surface area contributed by atoms with E-state index in [0.29, 0.717) is 49.9 Å². The summed E-state index contributed by atoms with van der Waals surface area (Å²) in [5, 5.41) is 2.92. The Kier molecular flexibility index (Phi) is 11.9. The molecule has 0 bridgehead atoms. The molecule has 1 N–H and O–H groups in total. The van der Waals surface area contributed by atoms with Gasteiger partial charge in [-0.3, -0.25) is 13.9 Å². The fourth-order valence-electron chi connectivity index (χ4n) is 3.95. The first-order chi connectivity index (χ1) is 17.5. The Morgan fingerprint density at radius 3 is 2.24 bits per heavy atom. The molecule has 9 heteroatoms. The molecule has 8 nitrogen and oxygen atoms in total. The fourth-order valence-corrected chi connectivity index (χ4v) is 4.91. The molecule has 0 aliphatic rings. The number of hydrogen-bond acceptors (Lipinski definition) is 5. The van der Waals surface area contributed by atoms with E-state index in [4.69, 9.17) is 4.74 Å². The van der Waals surface area contributed by atoms with Crippen LogP contribution in [-0.4, -0.2) is 63.7 Å². The first kappa shape index (κ1) is 30.2. The average molecular weight is 532 g/mol. The summed E-state index contributed by atoms with van der Waals surface area (Å²) < 4.78 is 32.1. The van der Waals surface area contributed by atoms with E-state index < -0.39 is 16.1 Å². The summed E-state index contributed by atoms with van der Waals surface area (Å²) in [7, 11) is -3.60. The molecule has 0 spiro atoms. The van der Waals surface area contributed by atoms with Crippen LogP contribution in [0, 0.1) is 5.92 Å². The summed E-state index contributed by atoms with van der Waals surface area (Å²) in [6.07, 6.45) is 2.17. The van der Waals surface area contributed by atoms with Crippen LogP contribution in [0.2, 0.25) is 0 Å². The number of anilines is 1. The SMILES string of the molecule is CCOc1ccccc1N(CCCC(=O)N(CCc1ccccc1)[C@H](C)C(=O)NCC(C)C)S(C)(=O)=O. The highest BCUT2D eigenvalue weighted by Gasteiger charge is 2.27. The lowest BCUT2D eigenvalue weighted by Crippen LogP contribution is -2.49. The van der Waals surface area contributed by atoms with Gasteiger partial charge in [-0.25, -0.2) is 8.42 Å². The molecule has 0 aliphatic carbocycles. The molecule has 0 saturated carbocycles. The Balaban J connectivity index is 2.14. The van der Waals surface area contributed by atoms with Gasteiger partial charge in [-0.05, 0) is 50.3 Å². The zero-order valence-corrected chi connectivity index (χ0v) is 23.5. The van der Waals surface area contributed by atoms with Crippen LogP contribution in [0.5, 0.6) is 5.75 Å². The van der Waals surface area contributed by atoms with Crippen molar-refractivity contribution in [3.05, 3.63) is 60.2 Å². The van der Waals surface area contributed by atoms with E-state index >= 15 is 0 Å². The molecule has 0 radical (unpaired) electrons. The zero-order chi connectivity index (χ0) is 27.4. The molecule has 1 atom stereocenters. The van der Waals surface area contributed by atoms with Crippen LogP contribution in [0.3, 0.4) is 0 Å². The molecule has 2 rings (SSSR count). The van der Waals surface area contributed by atoms with Crippen molar-refractivity contribution in [2.75, 3.05) is 36.8 Å². The molecule has 0 fully saturated rings. The van der Waals surface area contributed by atoms with Crippen molar-refractivity contribution in [1.29, 1.82) is 0 Å². The van der Waals surface area contributed by atoms with E-state index in [1.807, 2.05) is 51.1 Å². The largest absolute Gasteiger partial charge is 0.492 e. The number of carbonyl (C=O) groups is 2.